The Balaban J connectivity index is 1.78. The molecule has 0 saturated heterocycles. The summed E-state index contributed by atoms with van der Waals surface area (Å²) in [5.74, 6) is -0.603. The van der Waals surface area contributed by atoms with Gasteiger partial charge in [0.1, 0.15) is 0 Å². The number of carbonyl (C=O) groups is 2. The van der Waals surface area contributed by atoms with Crippen LogP contribution in [0, 0.1) is 0 Å². The normalized spacial score (nSPS) is 10.7. The van der Waals surface area contributed by atoms with Crippen LogP contribution in [-0.4, -0.2) is 40.0 Å². The quantitative estimate of drug-likeness (QED) is 0.571. The van der Waals surface area contributed by atoms with Crippen LogP contribution in [0.2, 0.25) is 0 Å². The first-order valence-electron chi connectivity index (χ1n) is 9.60. The molecule has 0 aliphatic rings. The summed E-state index contributed by atoms with van der Waals surface area (Å²) in [5.41, 5.74) is 0.392. The molecular formula is C22H23N3O5. The molecule has 8 heteroatoms. The van der Waals surface area contributed by atoms with Gasteiger partial charge in [0.2, 0.25) is 5.91 Å². The van der Waals surface area contributed by atoms with Gasteiger partial charge in [0.05, 0.1) is 24.4 Å². The van der Waals surface area contributed by atoms with Crippen molar-refractivity contribution >= 4 is 22.8 Å². The summed E-state index contributed by atoms with van der Waals surface area (Å²) in [7, 11) is 1.30. The lowest BCUT2D eigenvalue weighted by atomic mass is 10.2. The Bertz CT molecular complexity index is 1150. The van der Waals surface area contributed by atoms with Gasteiger partial charge in [-0.05, 0) is 17.7 Å². The number of nitrogens with one attached hydrogen (secondary N) is 1. The molecule has 156 valence electrons. The SMILES string of the molecule is COC(=O)CCN(Cc1ccccc1)C(=O)CCn1c(=O)[nH]c(=O)c2ccccc21. The number of aromatic amines is 1. The van der Waals surface area contributed by atoms with Gasteiger partial charge in [-0.2, -0.15) is 0 Å². The van der Waals surface area contributed by atoms with Crippen LogP contribution in [0.1, 0.15) is 18.4 Å². The predicted molar refractivity (Wildman–Crippen MR) is 112 cm³/mol. The number of ether oxygens (including phenoxy) is 1. The van der Waals surface area contributed by atoms with Crippen molar-refractivity contribution in [2.45, 2.75) is 25.9 Å². The van der Waals surface area contributed by atoms with Crippen LogP contribution in [-0.2, 0) is 27.4 Å². The smallest absolute Gasteiger partial charge is 0.328 e. The number of para-hydroxylation sites is 1. The number of H-pyrrole nitrogens is 1. The average Bonchev–Trinajstić information content (AvgIpc) is 2.76. The Morgan fingerprint density at radius 2 is 1.70 bits per heavy atom. The summed E-state index contributed by atoms with van der Waals surface area (Å²) in [6, 6.07) is 16.2. The van der Waals surface area contributed by atoms with Gasteiger partial charge in [-0.3, -0.25) is 23.9 Å². The molecule has 3 aromatic rings. The molecule has 1 heterocycles. The minimum Gasteiger partial charge on any atom is -0.469 e. The minimum absolute atomic E-state index is 0.0456. The number of benzene rings is 2. The van der Waals surface area contributed by atoms with Crippen LogP contribution >= 0.6 is 0 Å². The molecule has 1 amide bonds. The number of methoxy groups -OCH3 is 1. The van der Waals surface area contributed by atoms with Crippen LogP contribution < -0.4 is 11.2 Å². The van der Waals surface area contributed by atoms with E-state index in [0.717, 1.165) is 5.56 Å². The number of aromatic nitrogens is 2. The van der Waals surface area contributed by atoms with Crippen LogP contribution in [0.25, 0.3) is 10.9 Å². The van der Waals surface area contributed by atoms with Crippen molar-refractivity contribution in [3.05, 3.63) is 81.0 Å². The Morgan fingerprint density at radius 3 is 2.43 bits per heavy atom. The summed E-state index contributed by atoms with van der Waals surface area (Å²) in [5, 5.41) is 0.386. The fourth-order valence-electron chi connectivity index (χ4n) is 3.25. The summed E-state index contributed by atoms with van der Waals surface area (Å²) >= 11 is 0. The van der Waals surface area contributed by atoms with E-state index in [-0.39, 0.29) is 31.8 Å². The van der Waals surface area contributed by atoms with Crippen molar-refractivity contribution in [2.75, 3.05) is 13.7 Å². The van der Waals surface area contributed by atoms with Gasteiger partial charge in [0, 0.05) is 26.1 Å². The van der Waals surface area contributed by atoms with Crippen LogP contribution in [0.4, 0.5) is 0 Å². The third-order valence-electron chi connectivity index (χ3n) is 4.84. The fraction of sp³-hybridized carbons (Fsp3) is 0.273. The van der Waals surface area contributed by atoms with E-state index >= 15 is 0 Å². The summed E-state index contributed by atoms with van der Waals surface area (Å²) in [6.07, 6.45) is 0.126. The lowest BCUT2D eigenvalue weighted by Crippen LogP contribution is -2.35. The molecule has 0 atom stereocenters. The van der Waals surface area contributed by atoms with E-state index in [2.05, 4.69) is 9.72 Å². The van der Waals surface area contributed by atoms with E-state index in [4.69, 9.17) is 0 Å². The molecule has 0 radical (unpaired) electrons. The Hall–Kier alpha value is -3.68. The number of hydrogen-bond donors (Lipinski definition) is 1. The van der Waals surface area contributed by atoms with Crippen LogP contribution in [0.3, 0.4) is 0 Å². The van der Waals surface area contributed by atoms with E-state index in [9.17, 15) is 19.2 Å². The van der Waals surface area contributed by atoms with Crippen molar-refractivity contribution in [1.82, 2.24) is 14.5 Å². The van der Waals surface area contributed by atoms with Gasteiger partial charge in [-0.25, -0.2) is 4.79 Å². The second-order valence-corrected chi connectivity index (χ2v) is 6.81. The standard InChI is InChI=1S/C22H23N3O5/c1-30-20(27)12-13-24(15-16-7-3-2-4-8-16)19(26)11-14-25-18-10-6-5-9-17(18)21(28)23-22(25)29/h2-10H,11-15H2,1H3,(H,23,28,29). The second-order valence-electron chi connectivity index (χ2n) is 6.81. The number of aryl methyl sites for hydroxylation is 1. The summed E-state index contributed by atoms with van der Waals surface area (Å²) in [4.78, 5) is 52.6. The number of esters is 1. The monoisotopic (exact) mass is 409 g/mol. The first-order chi connectivity index (χ1) is 14.5. The zero-order valence-electron chi connectivity index (χ0n) is 16.7. The minimum atomic E-state index is -0.560. The molecule has 1 N–H and O–H groups in total. The molecule has 0 bridgehead atoms. The molecule has 30 heavy (non-hydrogen) atoms. The first kappa shape index (κ1) is 21.0. The number of hydrogen-bond acceptors (Lipinski definition) is 5. The van der Waals surface area contributed by atoms with E-state index in [0.29, 0.717) is 17.4 Å². The third kappa shape index (κ3) is 5.02. The van der Waals surface area contributed by atoms with Crippen molar-refractivity contribution in [2.24, 2.45) is 0 Å². The Morgan fingerprint density at radius 1 is 1.00 bits per heavy atom. The molecule has 0 fully saturated rings. The van der Waals surface area contributed by atoms with E-state index in [1.165, 1.54) is 11.7 Å². The fourth-order valence-corrected chi connectivity index (χ4v) is 3.25. The number of nitrogens with zero attached hydrogens (tertiary/aromatic N) is 2. The van der Waals surface area contributed by atoms with Crippen LogP contribution in [0.5, 0.6) is 0 Å². The van der Waals surface area contributed by atoms with Gasteiger partial charge >= 0.3 is 11.7 Å². The highest BCUT2D eigenvalue weighted by molar-refractivity contribution is 5.79. The number of carbonyl (C=O) groups excluding carboxylic acids is 2. The summed E-state index contributed by atoms with van der Waals surface area (Å²) in [6.45, 7) is 0.665. The number of amides is 1. The molecule has 0 spiro atoms. The first-order valence-corrected chi connectivity index (χ1v) is 9.60. The second kappa shape index (κ2) is 9.69. The molecule has 0 aliphatic carbocycles. The van der Waals surface area contributed by atoms with Crippen molar-refractivity contribution in [3.63, 3.8) is 0 Å². The molecule has 3 rings (SSSR count). The molecule has 8 nitrogen and oxygen atoms in total. The lowest BCUT2D eigenvalue weighted by Gasteiger charge is -2.23. The van der Waals surface area contributed by atoms with Crippen molar-refractivity contribution in [3.8, 4) is 0 Å². The van der Waals surface area contributed by atoms with Crippen LogP contribution in [0.15, 0.2) is 64.2 Å². The molecule has 1 aromatic heterocycles. The zero-order valence-corrected chi connectivity index (χ0v) is 16.7. The highest BCUT2D eigenvalue weighted by Crippen LogP contribution is 2.10. The van der Waals surface area contributed by atoms with Gasteiger partial charge in [0.25, 0.3) is 5.56 Å². The maximum absolute atomic E-state index is 12.9. The molecule has 0 aliphatic heterocycles. The van der Waals surface area contributed by atoms with E-state index < -0.39 is 17.2 Å². The highest BCUT2D eigenvalue weighted by Gasteiger charge is 2.17. The Kier molecular flexibility index (Phi) is 6.79. The van der Waals surface area contributed by atoms with E-state index in [1.807, 2.05) is 30.3 Å². The Labute approximate surface area is 172 Å². The third-order valence-corrected chi connectivity index (χ3v) is 4.84. The molecule has 0 saturated carbocycles. The number of rotatable bonds is 8. The van der Waals surface area contributed by atoms with Crippen molar-refractivity contribution in [1.29, 1.82) is 0 Å². The molecule has 0 unspecified atom stereocenters. The topological polar surface area (TPSA) is 101 Å². The lowest BCUT2D eigenvalue weighted by molar-refractivity contribution is -0.142. The van der Waals surface area contributed by atoms with Gasteiger partial charge in [0.15, 0.2) is 0 Å². The molecule has 2 aromatic carbocycles. The molecular weight excluding hydrogens is 386 g/mol. The number of fused-ring (bicyclic) bond motifs is 1. The maximum atomic E-state index is 12.9. The zero-order chi connectivity index (χ0) is 21.5. The highest BCUT2D eigenvalue weighted by atomic mass is 16.5. The average molecular weight is 409 g/mol. The maximum Gasteiger partial charge on any atom is 0.328 e. The predicted octanol–water partition coefficient (Wildman–Crippen LogP) is 1.67. The van der Waals surface area contributed by atoms with Gasteiger partial charge < -0.3 is 9.64 Å². The van der Waals surface area contributed by atoms with E-state index in [1.54, 1.807) is 29.2 Å². The van der Waals surface area contributed by atoms with Crippen molar-refractivity contribution < 1.29 is 14.3 Å². The van der Waals surface area contributed by atoms with Gasteiger partial charge in [-0.15, -0.1) is 0 Å². The largest absolute Gasteiger partial charge is 0.469 e. The van der Waals surface area contributed by atoms with Gasteiger partial charge in [-0.1, -0.05) is 42.5 Å². The summed E-state index contributed by atoms with van der Waals surface area (Å²) < 4.78 is 6.06.